The van der Waals surface area contributed by atoms with E-state index in [2.05, 4.69) is 10.1 Å². The van der Waals surface area contributed by atoms with Crippen LogP contribution in [0.2, 0.25) is 0 Å². The van der Waals surface area contributed by atoms with Crippen LogP contribution in [0.5, 0.6) is 0 Å². The van der Waals surface area contributed by atoms with Crippen LogP contribution in [0.4, 0.5) is 0 Å². The van der Waals surface area contributed by atoms with Gasteiger partial charge in [-0.1, -0.05) is 36.4 Å². The largest absolute Gasteiger partial charge is 0.383 e. The van der Waals surface area contributed by atoms with Gasteiger partial charge in [-0.2, -0.15) is 5.10 Å². The molecule has 0 bridgehead atoms. The SMILES string of the molecule is Cc1ccccc1C1(O)CCN(C(=O)c2cccc(-c3nc(C)n(C)n3)c2)C1. The summed E-state index contributed by atoms with van der Waals surface area (Å²) in [5.74, 6) is 1.33. The predicted octanol–water partition coefficient (Wildman–Crippen LogP) is 2.83. The van der Waals surface area contributed by atoms with E-state index in [1.54, 1.807) is 15.6 Å². The van der Waals surface area contributed by atoms with Gasteiger partial charge in [0, 0.05) is 24.7 Å². The molecule has 0 aliphatic carbocycles. The number of carbonyl (C=O) groups is 1. The minimum absolute atomic E-state index is 0.0842. The molecule has 0 spiro atoms. The summed E-state index contributed by atoms with van der Waals surface area (Å²) in [4.78, 5) is 19.2. The summed E-state index contributed by atoms with van der Waals surface area (Å²) in [5, 5.41) is 15.6. The molecule has 4 rings (SSSR count). The van der Waals surface area contributed by atoms with E-state index in [1.807, 2.05) is 63.4 Å². The van der Waals surface area contributed by atoms with Gasteiger partial charge < -0.3 is 10.0 Å². The van der Waals surface area contributed by atoms with Crippen molar-refractivity contribution in [2.45, 2.75) is 25.9 Å². The Kier molecular flexibility index (Phi) is 4.51. The fourth-order valence-electron chi connectivity index (χ4n) is 3.84. The highest BCUT2D eigenvalue weighted by Crippen LogP contribution is 2.34. The fourth-order valence-corrected chi connectivity index (χ4v) is 3.84. The van der Waals surface area contributed by atoms with Crippen LogP contribution in [0.15, 0.2) is 48.5 Å². The molecule has 1 saturated heterocycles. The van der Waals surface area contributed by atoms with E-state index >= 15 is 0 Å². The van der Waals surface area contributed by atoms with Crippen LogP contribution in [0.3, 0.4) is 0 Å². The lowest BCUT2D eigenvalue weighted by molar-refractivity contribution is 0.0412. The molecule has 6 nitrogen and oxygen atoms in total. The first-order valence-electron chi connectivity index (χ1n) is 9.43. The van der Waals surface area contributed by atoms with E-state index in [9.17, 15) is 9.90 Å². The third-order valence-corrected chi connectivity index (χ3v) is 5.53. The van der Waals surface area contributed by atoms with Crippen molar-refractivity contribution in [3.63, 3.8) is 0 Å². The van der Waals surface area contributed by atoms with Crippen LogP contribution in [-0.2, 0) is 12.6 Å². The Morgan fingerprint density at radius 3 is 2.64 bits per heavy atom. The first kappa shape index (κ1) is 18.4. The first-order chi connectivity index (χ1) is 13.4. The molecule has 1 aromatic heterocycles. The maximum Gasteiger partial charge on any atom is 0.253 e. The minimum atomic E-state index is -1.00. The van der Waals surface area contributed by atoms with E-state index in [0.29, 0.717) is 30.9 Å². The Balaban J connectivity index is 1.57. The van der Waals surface area contributed by atoms with Crippen LogP contribution in [0.25, 0.3) is 11.4 Å². The number of likely N-dealkylation sites (tertiary alicyclic amines) is 1. The van der Waals surface area contributed by atoms with Crippen molar-refractivity contribution < 1.29 is 9.90 Å². The molecule has 3 aromatic rings. The standard InChI is InChI=1S/C22H24N4O2/c1-15-7-4-5-10-19(15)22(28)11-12-26(14-22)21(27)18-9-6-8-17(13-18)20-23-16(2)25(3)24-20/h4-10,13,28H,11-12,14H2,1-3H3. The molecule has 1 N–H and O–H groups in total. The van der Waals surface area contributed by atoms with Gasteiger partial charge in [-0.15, -0.1) is 0 Å². The first-order valence-corrected chi connectivity index (χ1v) is 9.43. The lowest BCUT2D eigenvalue weighted by Crippen LogP contribution is -2.34. The van der Waals surface area contributed by atoms with Gasteiger partial charge in [0.05, 0.1) is 6.54 Å². The second-order valence-electron chi connectivity index (χ2n) is 7.51. The summed E-state index contributed by atoms with van der Waals surface area (Å²) < 4.78 is 1.71. The smallest absolute Gasteiger partial charge is 0.253 e. The molecule has 1 atom stereocenters. The van der Waals surface area contributed by atoms with E-state index < -0.39 is 5.60 Å². The number of hydrogen-bond donors (Lipinski definition) is 1. The van der Waals surface area contributed by atoms with Crippen LogP contribution < -0.4 is 0 Å². The third kappa shape index (κ3) is 3.20. The van der Waals surface area contributed by atoms with Gasteiger partial charge >= 0.3 is 0 Å². The molecule has 144 valence electrons. The zero-order valence-electron chi connectivity index (χ0n) is 16.4. The number of aryl methyl sites for hydroxylation is 3. The average Bonchev–Trinajstić information content (AvgIpc) is 3.25. The Morgan fingerprint density at radius 1 is 1.14 bits per heavy atom. The molecule has 1 fully saturated rings. The minimum Gasteiger partial charge on any atom is -0.383 e. The average molecular weight is 376 g/mol. The molecule has 6 heteroatoms. The van der Waals surface area contributed by atoms with Crippen molar-refractivity contribution in [1.82, 2.24) is 19.7 Å². The highest BCUT2D eigenvalue weighted by atomic mass is 16.3. The summed E-state index contributed by atoms with van der Waals surface area (Å²) >= 11 is 0. The second kappa shape index (κ2) is 6.87. The Morgan fingerprint density at radius 2 is 1.93 bits per heavy atom. The molecule has 1 aliphatic heterocycles. The summed E-state index contributed by atoms with van der Waals surface area (Å²) in [7, 11) is 1.84. The summed E-state index contributed by atoms with van der Waals surface area (Å²) in [6, 6.07) is 15.2. The molecule has 2 aromatic carbocycles. The highest BCUT2D eigenvalue weighted by molar-refractivity contribution is 5.95. The van der Waals surface area contributed by atoms with Crippen LogP contribution >= 0.6 is 0 Å². The predicted molar refractivity (Wildman–Crippen MR) is 107 cm³/mol. The maximum atomic E-state index is 13.1. The van der Waals surface area contributed by atoms with Gasteiger partial charge in [0.1, 0.15) is 11.4 Å². The normalized spacial score (nSPS) is 19.2. The van der Waals surface area contributed by atoms with Crippen LogP contribution in [-0.4, -0.2) is 43.8 Å². The molecule has 1 unspecified atom stereocenters. The number of carbonyl (C=O) groups excluding carboxylic acids is 1. The van der Waals surface area contributed by atoms with Crippen molar-refractivity contribution in [1.29, 1.82) is 0 Å². The van der Waals surface area contributed by atoms with E-state index in [4.69, 9.17) is 0 Å². The molecular weight excluding hydrogens is 352 g/mol. The highest BCUT2D eigenvalue weighted by Gasteiger charge is 2.40. The fraction of sp³-hybridized carbons (Fsp3) is 0.318. The second-order valence-corrected chi connectivity index (χ2v) is 7.51. The van der Waals surface area contributed by atoms with Crippen molar-refractivity contribution in [3.8, 4) is 11.4 Å². The Bertz CT molecular complexity index is 1020. The lowest BCUT2D eigenvalue weighted by atomic mass is 9.89. The van der Waals surface area contributed by atoms with Gasteiger partial charge in [-0.3, -0.25) is 9.48 Å². The third-order valence-electron chi connectivity index (χ3n) is 5.53. The molecule has 1 aliphatic rings. The number of β-amino-alcohol motifs (C(OH)–C–C–N with tert-alkyl or cyclic N) is 1. The summed E-state index contributed by atoms with van der Waals surface area (Å²) in [5.41, 5.74) is 2.32. The van der Waals surface area contributed by atoms with Crippen LogP contribution in [0.1, 0.15) is 33.7 Å². The number of benzene rings is 2. The van der Waals surface area contributed by atoms with Gasteiger partial charge in [-0.05, 0) is 43.5 Å². The van der Waals surface area contributed by atoms with Gasteiger partial charge in [0.25, 0.3) is 5.91 Å². The molecule has 0 radical (unpaired) electrons. The Hall–Kier alpha value is -2.99. The molecule has 1 amide bonds. The zero-order valence-corrected chi connectivity index (χ0v) is 16.4. The van der Waals surface area contributed by atoms with Gasteiger partial charge in [0.2, 0.25) is 0 Å². The number of nitrogens with zero attached hydrogens (tertiary/aromatic N) is 4. The van der Waals surface area contributed by atoms with Crippen molar-refractivity contribution in [3.05, 3.63) is 71.0 Å². The summed E-state index contributed by atoms with van der Waals surface area (Å²) in [6.45, 7) is 4.70. The van der Waals surface area contributed by atoms with Gasteiger partial charge in [-0.25, -0.2) is 4.98 Å². The number of amides is 1. The number of aromatic nitrogens is 3. The van der Waals surface area contributed by atoms with Crippen LogP contribution in [0, 0.1) is 13.8 Å². The molecule has 28 heavy (non-hydrogen) atoms. The van der Waals surface area contributed by atoms with E-state index in [0.717, 1.165) is 22.5 Å². The zero-order chi connectivity index (χ0) is 19.9. The molecular formula is C22H24N4O2. The van der Waals surface area contributed by atoms with Crippen molar-refractivity contribution >= 4 is 5.91 Å². The van der Waals surface area contributed by atoms with E-state index in [1.165, 1.54) is 0 Å². The van der Waals surface area contributed by atoms with E-state index in [-0.39, 0.29) is 5.91 Å². The maximum absolute atomic E-state index is 13.1. The van der Waals surface area contributed by atoms with Gasteiger partial charge in [0.15, 0.2) is 5.82 Å². The molecule has 0 saturated carbocycles. The topological polar surface area (TPSA) is 71.2 Å². The quantitative estimate of drug-likeness (QED) is 0.763. The summed E-state index contributed by atoms with van der Waals surface area (Å²) in [6.07, 6.45) is 0.532. The van der Waals surface area contributed by atoms with Crippen molar-refractivity contribution in [2.75, 3.05) is 13.1 Å². The number of aliphatic hydroxyl groups is 1. The molecule has 2 heterocycles. The monoisotopic (exact) mass is 376 g/mol. The number of rotatable bonds is 3. The number of hydrogen-bond acceptors (Lipinski definition) is 4. The lowest BCUT2D eigenvalue weighted by Gasteiger charge is -2.25. The van der Waals surface area contributed by atoms with Crippen molar-refractivity contribution in [2.24, 2.45) is 7.05 Å². The Labute approximate surface area is 164 Å².